The minimum absolute atomic E-state index is 0.00838. The molecule has 0 aromatic heterocycles. The molecule has 3 N–H and O–H groups in total. The molecule has 3 heteroatoms. The molecular weight excluding hydrogens is 408 g/mol. The molecule has 192 valence electrons. The Kier molecular flexibility index (Phi) is 6.24. The maximum Gasteiger partial charge on any atom is 0.0650 e. The zero-order valence-electron chi connectivity index (χ0n) is 23.0. The first-order valence-corrected chi connectivity index (χ1v) is 14.1. The molecule has 3 nitrogen and oxygen atoms in total. The van der Waals surface area contributed by atoms with Crippen molar-refractivity contribution in [2.75, 3.05) is 0 Å². The second-order valence-electron chi connectivity index (χ2n) is 15.2. The summed E-state index contributed by atoms with van der Waals surface area (Å²) in [7, 11) is 0. The maximum absolute atomic E-state index is 11.7. The largest absolute Gasteiger partial charge is 0.393 e. The van der Waals surface area contributed by atoms with Crippen LogP contribution in [0.4, 0.5) is 0 Å². The van der Waals surface area contributed by atoms with E-state index in [1.165, 1.54) is 38.5 Å². The smallest absolute Gasteiger partial charge is 0.0650 e. The Morgan fingerprint density at radius 2 is 1.36 bits per heavy atom. The van der Waals surface area contributed by atoms with Gasteiger partial charge in [-0.1, -0.05) is 34.6 Å². The Hall–Kier alpha value is -0.120. The van der Waals surface area contributed by atoms with Crippen molar-refractivity contribution in [3.05, 3.63) is 0 Å². The van der Waals surface area contributed by atoms with Crippen molar-refractivity contribution in [3.8, 4) is 0 Å². The van der Waals surface area contributed by atoms with Crippen LogP contribution >= 0.6 is 0 Å². The van der Waals surface area contributed by atoms with Gasteiger partial charge in [0.15, 0.2) is 0 Å². The molecule has 0 radical (unpaired) electrons. The van der Waals surface area contributed by atoms with E-state index in [0.29, 0.717) is 28.6 Å². The van der Waals surface area contributed by atoms with Gasteiger partial charge in [0.05, 0.1) is 17.3 Å². The van der Waals surface area contributed by atoms with Crippen LogP contribution in [0.3, 0.4) is 0 Å². The van der Waals surface area contributed by atoms with Gasteiger partial charge < -0.3 is 15.3 Å². The summed E-state index contributed by atoms with van der Waals surface area (Å²) in [6.45, 7) is 18.3. The highest BCUT2D eigenvalue weighted by atomic mass is 16.3. The predicted octanol–water partition coefficient (Wildman–Crippen LogP) is 6.72. The summed E-state index contributed by atoms with van der Waals surface area (Å²) in [5.74, 6) is 2.29. The third-order valence-electron chi connectivity index (χ3n) is 12.6. The van der Waals surface area contributed by atoms with Crippen molar-refractivity contribution < 1.29 is 15.3 Å². The highest BCUT2D eigenvalue weighted by Gasteiger charge is 2.69. The molecule has 9 unspecified atom stereocenters. The third-order valence-corrected chi connectivity index (χ3v) is 12.6. The summed E-state index contributed by atoms with van der Waals surface area (Å²) in [6.07, 6.45) is 11.8. The number of hydrogen-bond acceptors (Lipinski definition) is 3. The lowest BCUT2D eigenvalue weighted by Gasteiger charge is -2.70. The minimum Gasteiger partial charge on any atom is -0.393 e. The molecular formula is C30H54O3. The lowest BCUT2D eigenvalue weighted by Crippen LogP contribution is -2.64. The molecule has 9 atom stereocenters. The van der Waals surface area contributed by atoms with Crippen molar-refractivity contribution in [3.63, 3.8) is 0 Å². The van der Waals surface area contributed by atoms with Gasteiger partial charge in [-0.2, -0.15) is 0 Å². The summed E-state index contributed by atoms with van der Waals surface area (Å²) in [5, 5.41) is 32.7. The van der Waals surface area contributed by atoms with E-state index in [4.69, 9.17) is 0 Å². The van der Waals surface area contributed by atoms with Gasteiger partial charge in [-0.25, -0.2) is 0 Å². The minimum atomic E-state index is -0.652. The van der Waals surface area contributed by atoms with E-state index in [0.717, 1.165) is 38.0 Å². The molecule has 0 heterocycles. The summed E-state index contributed by atoms with van der Waals surface area (Å²) in [5.41, 5.74) is -0.367. The topological polar surface area (TPSA) is 60.7 Å². The molecule has 0 aromatic carbocycles. The van der Waals surface area contributed by atoms with E-state index in [9.17, 15) is 15.3 Å². The van der Waals surface area contributed by atoms with E-state index in [1.54, 1.807) is 0 Å². The lowest BCUT2D eigenvalue weighted by atomic mass is 9.35. The Morgan fingerprint density at radius 3 is 2.00 bits per heavy atom. The number of aliphatic hydroxyl groups is 3. The molecule has 33 heavy (non-hydrogen) atoms. The maximum atomic E-state index is 11.7. The Labute approximate surface area is 204 Å². The van der Waals surface area contributed by atoms with E-state index in [1.807, 2.05) is 13.8 Å². The molecule has 4 saturated carbocycles. The molecule has 0 aromatic rings. The average molecular weight is 463 g/mol. The number of aliphatic hydroxyl groups excluding tert-OH is 1. The van der Waals surface area contributed by atoms with Crippen LogP contribution in [0, 0.1) is 45.3 Å². The van der Waals surface area contributed by atoms with Crippen molar-refractivity contribution in [1.82, 2.24) is 0 Å². The summed E-state index contributed by atoms with van der Waals surface area (Å²) >= 11 is 0. The SMILES string of the molecule is CC(C)(O)CCCC(C)(O)C1CCC2(C)C1CCC1C3(C)CCC(O)C(C)(C)C3CCC12C. The molecule has 4 aliphatic rings. The van der Waals surface area contributed by atoms with Crippen LogP contribution in [0.2, 0.25) is 0 Å². The monoisotopic (exact) mass is 462 g/mol. The second-order valence-corrected chi connectivity index (χ2v) is 15.2. The molecule has 4 fully saturated rings. The molecule has 0 bridgehead atoms. The summed E-state index contributed by atoms with van der Waals surface area (Å²) in [4.78, 5) is 0. The Balaban J connectivity index is 1.58. The average Bonchev–Trinajstić information content (AvgIpc) is 3.03. The van der Waals surface area contributed by atoms with Gasteiger partial charge in [0, 0.05) is 0 Å². The van der Waals surface area contributed by atoms with E-state index in [2.05, 4.69) is 41.5 Å². The predicted molar refractivity (Wildman–Crippen MR) is 136 cm³/mol. The van der Waals surface area contributed by atoms with Gasteiger partial charge in [0.25, 0.3) is 0 Å². The fourth-order valence-electron chi connectivity index (χ4n) is 10.5. The molecule has 0 spiro atoms. The standard InChI is InChI=1S/C30H54O3/c1-25(2,32)15-9-16-30(8,33)21-12-18-28(6)20(21)10-11-23-27(5)17-14-24(31)26(3,4)22(27)13-19-29(23,28)7/h20-24,31-33H,9-19H2,1-8H3. The van der Waals surface area contributed by atoms with Crippen LogP contribution in [0.25, 0.3) is 0 Å². The van der Waals surface area contributed by atoms with Crippen molar-refractivity contribution >= 4 is 0 Å². The van der Waals surface area contributed by atoms with Gasteiger partial charge in [0.2, 0.25) is 0 Å². The second kappa shape index (κ2) is 7.94. The van der Waals surface area contributed by atoms with E-state index in [-0.39, 0.29) is 16.9 Å². The van der Waals surface area contributed by atoms with Crippen LogP contribution in [0.5, 0.6) is 0 Å². The summed E-state index contributed by atoms with van der Waals surface area (Å²) in [6, 6.07) is 0. The van der Waals surface area contributed by atoms with Crippen molar-refractivity contribution in [2.45, 2.75) is 143 Å². The van der Waals surface area contributed by atoms with Crippen LogP contribution in [0.15, 0.2) is 0 Å². The first kappa shape index (κ1) is 26.0. The van der Waals surface area contributed by atoms with Crippen LogP contribution in [-0.4, -0.2) is 32.6 Å². The lowest BCUT2D eigenvalue weighted by molar-refractivity contribution is -0.225. The van der Waals surface area contributed by atoms with Crippen LogP contribution < -0.4 is 0 Å². The number of fused-ring (bicyclic) bond motifs is 5. The van der Waals surface area contributed by atoms with Crippen LogP contribution in [0.1, 0.15) is 126 Å². The molecule has 0 saturated heterocycles. The molecule has 4 aliphatic carbocycles. The fraction of sp³-hybridized carbons (Fsp3) is 1.00. The summed E-state index contributed by atoms with van der Waals surface area (Å²) < 4.78 is 0. The zero-order chi connectivity index (χ0) is 24.7. The van der Waals surface area contributed by atoms with Gasteiger partial charge in [-0.3, -0.25) is 0 Å². The highest BCUT2D eigenvalue weighted by molar-refractivity contribution is 5.18. The quantitative estimate of drug-likeness (QED) is 0.425. The number of rotatable bonds is 5. The highest BCUT2D eigenvalue weighted by Crippen LogP contribution is 2.75. The molecule has 0 amide bonds. The third kappa shape index (κ3) is 3.86. The zero-order valence-corrected chi connectivity index (χ0v) is 23.0. The van der Waals surface area contributed by atoms with Gasteiger partial charge in [-0.05, 0) is 137 Å². The van der Waals surface area contributed by atoms with E-state index < -0.39 is 11.2 Å². The molecule has 4 rings (SSSR count). The van der Waals surface area contributed by atoms with Gasteiger partial charge in [0.1, 0.15) is 0 Å². The van der Waals surface area contributed by atoms with Gasteiger partial charge in [-0.15, -0.1) is 0 Å². The van der Waals surface area contributed by atoms with E-state index >= 15 is 0 Å². The first-order valence-electron chi connectivity index (χ1n) is 14.1. The van der Waals surface area contributed by atoms with Crippen molar-refractivity contribution in [1.29, 1.82) is 0 Å². The Bertz CT molecular complexity index is 735. The first-order chi connectivity index (χ1) is 15.0. The van der Waals surface area contributed by atoms with Gasteiger partial charge >= 0.3 is 0 Å². The Morgan fingerprint density at radius 1 is 0.727 bits per heavy atom. The normalized spacial score (nSPS) is 49.0. The number of hydrogen-bond donors (Lipinski definition) is 3. The van der Waals surface area contributed by atoms with Crippen molar-refractivity contribution in [2.24, 2.45) is 45.3 Å². The molecule has 0 aliphatic heterocycles. The van der Waals surface area contributed by atoms with Crippen LogP contribution in [-0.2, 0) is 0 Å². The fourth-order valence-corrected chi connectivity index (χ4v) is 10.5.